The van der Waals surface area contributed by atoms with E-state index in [4.69, 9.17) is 23.4 Å². The molecule has 0 fully saturated rings. The van der Waals surface area contributed by atoms with Gasteiger partial charge in [0, 0.05) is 0 Å². The molecule has 0 heterocycles. The molecular weight excluding hydrogens is 126 g/mol. The lowest BCUT2D eigenvalue weighted by Crippen LogP contribution is -2.40. The van der Waals surface area contributed by atoms with Gasteiger partial charge in [-0.05, 0) is 5.46 Å². The third-order valence-electron chi connectivity index (χ3n) is 1.01. The van der Waals surface area contributed by atoms with Gasteiger partial charge in [-0.3, -0.25) is 0 Å². The molecule has 0 atom stereocenters. The van der Waals surface area contributed by atoms with E-state index in [2.05, 4.69) is 0 Å². The molecule has 10 heavy (non-hydrogen) atoms. The molecule has 0 aliphatic carbocycles. The number of rotatable bonds is 1. The summed E-state index contributed by atoms with van der Waals surface area (Å²) in [4.78, 5) is 0. The molecule has 0 aliphatic heterocycles. The maximum absolute atomic E-state index is 8.85. The summed E-state index contributed by atoms with van der Waals surface area (Å²) in [6.07, 6.45) is 0. The molecule has 1 aromatic carbocycles. The van der Waals surface area contributed by atoms with E-state index in [1.54, 1.807) is 0 Å². The summed E-state index contributed by atoms with van der Waals surface area (Å²) in [6, 6.07) is -2.02. The van der Waals surface area contributed by atoms with Gasteiger partial charge < -0.3 is 10.0 Å². The van der Waals surface area contributed by atoms with Gasteiger partial charge in [0.2, 0.25) is 0 Å². The Kier molecular flexibility index (Phi) is 1.05. The third kappa shape index (κ3) is 1.40. The lowest BCUT2D eigenvalue weighted by molar-refractivity contribution is 0.426. The van der Waals surface area contributed by atoms with Gasteiger partial charge in [0.15, 0.2) is 0 Å². The van der Waals surface area contributed by atoms with Crippen molar-refractivity contribution in [2.45, 2.75) is 0 Å². The Morgan fingerprint density at radius 1 is 1.40 bits per heavy atom. The predicted molar refractivity (Wildman–Crippen MR) is 41.7 cm³/mol. The van der Waals surface area contributed by atoms with Crippen molar-refractivity contribution in [2.75, 3.05) is 0 Å². The number of hydrogen-bond acceptors (Lipinski definition) is 2. The fourth-order valence-electron chi connectivity index (χ4n) is 0.535. The normalized spacial score (nSPS) is 15.0. The van der Waals surface area contributed by atoms with Crippen LogP contribution >= 0.6 is 0 Å². The fourth-order valence-corrected chi connectivity index (χ4v) is 0.535. The number of hydrogen-bond donors (Lipinski definition) is 2. The number of benzene rings is 1. The minimum Gasteiger partial charge on any atom is -0.423 e. The Morgan fingerprint density at radius 2 is 2.00 bits per heavy atom. The average molecular weight is 136 g/mol. The molecule has 0 unspecified atom stereocenters. The Hall–Kier alpha value is -0.730. The van der Waals surface area contributed by atoms with Crippen molar-refractivity contribution in [3.8, 4) is 0 Å². The summed E-state index contributed by atoms with van der Waals surface area (Å²) in [6.45, 7) is 0. The molecule has 0 amide bonds. The van der Waals surface area contributed by atoms with Gasteiger partial charge in [0.1, 0.15) is 7.85 Å². The van der Waals surface area contributed by atoms with Crippen molar-refractivity contribution in [3.63, 3.8) is 0 Å². The highest BCUT2D eigenvalue weighted by Crippen LogP contribution is 1.79. The second kappa shape index (κ2) is 2.90. The molecule has 2 nitrogen and oxygen atoms in total. The third-order valence-corrected chi connectivity index (χ3v) is 1.01. The summed E-state index contributed by atoms with van der Waals surface area (Å²) >= 11 is 0. The van der Waals surface area contributed by atoms with Crippen LogP contribution in [0.25, 0.3) is 0 Å². The minimum atomic E-state index is -2.00. The highest BCUT2D eigenvalue weighted by Gasteiger charge is 2.11. The zero-order chi connectivity index (χ0) is 11.0. The van der Waals surface area contributed by atoms with Crippen LogP contribution in [0.15, 0.2) is 24.2 Å². The van der Waals surface area contributed by atoms with E-state index >= 15 is 0 Å². The summed E-state index contributed by atoms with van der Waals surface area (Å²) < 4.78 is 29.1. The molecule has 48 valence electrons. The van der Waals surface area contributed by atoms with E-state index in [-0.39, 0.29) is 5.46 Å². The first-order chi connectivity index (χ1) is 6.37. The molecule has 0 saturated carbocycles. The quantitative estimate of drug-likeness (QED) is 0.445. The zero-order valence-corrected chi connectivity index (χ0v) is 5.05. The van der Waals surface area contributed by atoms with E-state index in [1.165, 1.54) is 0 Å². The standard InChI is InChI=1S/C6H6B2O2/c7-5-3-1-2-4-6(5)8(9)10/h1-4,9-10H/i1D,2D,3D,4D. The molecule has 1 aromatic rings. The minimum absolute atomic E-state index is 0.342. The van der Waals surface area contributed by atoms with Gasteiger partial charge in [0.05, 0.1) is 5.48 Å². The van der Waals surface area contributed by atoms with Gasteiger partial charge >= 0.3 is 7.12 Å². The van der Waals surface area contributed by atoms with Crippen LogP contribution in [0.2, 0.25) is 0 Å². The first-order valence-corrected chi connectivity index (χ1v) is 2.59. The van der Waals surface area contributed by atoms with Crippen molar-refractivity contribution in [3.05, 3.63) is 24.2 Å². The highest BCUT2D eigenvalue weighted by atomic mass is 16.4. The molecule has 0 aliphatic rings. The molecule has 0 bridgehead atoms. The monoisotopic (exact) mass is 136 g/mol. The molecule has 2 radical (unpaired) electrons. The van der Waals surface area contributed by atoms with Gasteiger partial charge in [-0.2, -0.15) is 0 Å². The molecule has 0 saturated heterocycles. The van der Waals surface area contributed by atoms with E-state index in [9.17, 15) is 0 Å². The van der Waals surface area contributed by atoms with Crippen LogP contribution in [0.5, 0.6) is 0 Å². The molecule has 1 rings (SSSR count). The second-order valence-corrected chi connectivity index (χ2v) is 1.70. The summed E-state index contributed by atoms with van der Waals surface area (Å²) in [5.74, 6) is 0. The van der Waals surface area contributed by atoms with Crippen LogP contribution in [-0.2, 0) is 0 Å². The predicted octanol–water partition coefficient (Wildman–Crippen LogP) is -1.84. The van der Waals surface area contributed by atoms with E-state index in [0.717, 1.165) is 0 Å². The lowest BCUT2D eigenvalue weighted by atomic mass is 9.72. The first-order valence-electron chi connectivity index (χ1n) is 4.59. The SMILES string of the molecule is [2H]c1c([2H])c([2H])c(B(O)O)c([B])c1[2H]. The van der Waals surface area contributed by atoms with Crippen LogP contribution in [-0.4, -0.2) is 25.0 Å². The van der Waals surface area contributed by atoms with Crippen molar-refractivity contribution in [2.24, 2.45) is 0 Å². The lowest BCUT2D eigenvalue weighted by Gasteiger charge is -2.01. The summed E-state index contributed by atoms with van der Waals surface area (Å²) in [5.41, 5.74) is -0.734. The van der Waals surface area contributed by atoms with Crippen LogP contribution < -0.4 is 10.9 Å². The summed E-state index contributed by atoms with van der Waals surface area (Å²) in [7, 11) is 3.32. The summed E-state index contributed by atoms with van der Waals surface area (Å²) in [5, 5.41) is 17.7. The highest BCUT2D eigenvalue weighted by molar-refractivity contribution is 6.64. The Bertz CT molecular complexity index is 354. The smallest absolute Gasteiger partial charge is 0.423 e. The van der Waals surface area contributed by atoms with Gasteiger partial charge in [0.25, 0.3) is 0 Å². The maximum atomic E-state index is 8.85. The van der Waals surface area contributed by atoms with Crippen LogP contribution in [0, 0.1) is 0 Å². The Morgan fingerprint density at radius 3 is 2.60 bits per heavy atom. The zero-order valence-electron chi connectivity index (χ0n) is 9.05. The molecule has 0 aromatic heterocycles. The molecule has 2 N–H and O–H groups in total. The van der Waals surface area contributed by atoms with Crippen LogP contribution in [0.4, 0.5) is 0 Å². The molecule has 0 spiro atoms. The topological polar surface area (TPSA) is 40.5 Å². The first kappa shape index (κ1) is 3.60. The average Bonchev–Trinajstić information content (AvgIpc) is 2.11. The van der Waals surface area contributed by atoms with Crippen molar-refractivity contribution in [1.82, 2.24) is 0 Å². The maximum Gasteiger partial charge on any atom is 0.487 e. The molecular formula is C6H6B2O2. The van der Waals surface area contributed by atoms with Crippen LogP contribution in [0.3, 0.4) is 0 Å². The van der Waals surface area contributed by atoms with E-state index in [1.807, 2.05) is 0 Å². The Balaban J connectivity index is 3.60. The van der Waals surface area contributed by atoms with Gasteiger partial charge in [-0.1, -0.05) is 29.6 Å². The largest absolute Gasteiger partial charge is 0.487 e. The van der Waals surface area contributed by atoms with E-state index < -0.39 is 36.8 Å². The van der Waals surface area contributed by atoms with E-state index in [0.29, 0.717) is 0 Å². The van der Waals surface area contributed by atoms with Crippen LogP contribution in [0.1, 0.15) is 5.48 Å². The second-order valence-electron chi connectivity index (χ2n) is 1.70. The van der Waals surface area contributed by atoms with Crippen molar-refractivity contribution >= 4 is 25.9 Å². The van der Waals surface area contributed by atoms with Crippen molar-refractivity contribution in [1.29, 1.82) is 0 Å². The molecule has 4 heteroatoms. The van der Waals surface area contributed by atoms with Gasteiger partial charge in [-0.15, -0.1) is 0 Å². The van der Waals surface area contributed by atoms with Gasteiger partial charge in [-0.25, -0.2) is 0 Å². The Labute approximate surface area is 66.7 Å². The fraction of sp³-hybridized carbons (Fsp3) is 0. The van der Waals surface area contributed by atoms with Crippen molar-refractivity contribution < 1.29 is 15.5 Å².